The summed E-state index contributed by atoms with van der Waals surface area (Å²) in [5, 5.41) is 11.7. The molecule has 16 heavy (non-hydrogen) atoms. The molecule has 0 bridgehead atoms. The van der Waals surface area contributed by atoms with Gasteiger partial charge in [0.2, 0.25) is 0 Å². The highest BCUT2D eigenvalue weighted by Gasteiger charge is 2.17. The van der Waals surface area contributed by atoms with Crippen LogP contribution in [-0.4, -0.2) is 17.0 Å². The predicted octanol–water partition coefficient (Wildman–Crippen LogP) is 2.53. The van der Waals surface area contributed by atoms with E-state index in [2.05, 4.69) is 0 Å². The highest BCUT2D eigenvalue weighted by Crippen LogP contribution is 2.13. The minimum absolute atomic E-state index is 0.214. The molecule has 2 nitrogen and oxygen atoms in total. The Morgan fingerprint density at radius 3 is 2.56 bits per heavy atom. The molecular weight excluding hydrogens is 220 g/mol. The fourth-order valence-corrected chi connectivity index (χ4v) is 2.25. The van der Waals surface area contributed by atoms with E-state index in [9.17, 15) is 9.90 Å². The summed E-state index contributed by atoms with van der Waals surface area (Å²) in [6.45, 7) is 0. The van der Waals surface area contributed by atoms with Crippen LogP contribution >= 0.6 is 11.3 Å². The normalized spacial score (nSPS) is 12.3. The largest absolute Gasteiger partial charge is 0.385 e. The molecule has 1 N–H and O–H groups in total. The predicted molar refractivity (Wildman–Crippen MR) is 64.8 cm³/mol. The van der Waals surface area contributed by atoms with Gasteiger partial charge in [-0.3, -0.25) is 4.79 Å². The van der Waals surface area contributed by atoms with Gasteiger partial charge in [0.15, 0.2) is 5.78 Å². The standard InChI is InChI=1S/C13H12O2S/c14-12(9-11-7-4-8-16-11)13(15)10-5-2-1-3-6-10/h1-8,12,14H,9H2. The molecule has 2 aromatic rings. The number of carbonyl (C=O) groups is 1. The van der Waals surface area contributed by atoms with Crippen molar-refractivity contribution in [3.63, 3.8) is 0 Å². The number of hydrogen-bond acceptors (Lipinski definition) is 3. The number of thiophene rings is 1. The average molecular weight is 232 g/mol. The zero-order chi connectivity index (χ0) is 11.4. The SMILES string of the molecule is O=C(c1ccccc1)C(O)Cc1cccs1. The lowest BCUT2D eigenvalue weighted by atomic mass is 10.0. The van der Waals surface area contributed by atoms with E-state index in [0.29, 0.717) is 12.0 Å². The van der Waals surface area contributed by atoms with Gasteiger partial charge in [0, 0.05) is 16.9 Å². The Kier molecular flexibility index (Phi) is 3.49. The zero-order valence-corrected chi connectivity index (χ0v) is 9.48. The minimum atomic E-state index is -0.943. The molecule has 0 aliphatic heterocycles. The summed E-state index contributed by atoms with van der Waals surface area (Å²) in [5.74, 6) is -0.214. The van der Waals surface area contributed by atoms with E-state index < -0.39 is 6.10 Å². The third kappa shape index (κ3) is 2.56. The first-order valence-electron chi connectivity index (χ1n) is 5.07. The van der Waals surface area contributed by atoms with Crippen molar-refractivity contribution < 1.29 is 9.90 Å². The third-order valence-electron chi connectivity index (χ3n) is 2.34. The van der Waals surface area contributed by atoms with E-state index in [-0.39, 0.29) is 5.78 Å². The lowest BCUT2D eigenvalue weighted by Gasteiger charge is -2.07. The van der Waals surface area contributed by atoms with Crippen molar-refractivity contribution in [3.05, 3.63) is 58.3 Å². The Morgan fingerprint density at radius 2 is 1.94 bits per heavy atom. The summed E-state index contributed by atoms with van der Waals surface area (Å²) in [4.78, 5) is 12.9. The van der Waals surface area contributed by atoms with Crippen molar-refractivity contribution in [2.24, 2.45) is 0 Å². The Hall–Kier alpha value is -1.45. The smallest absolute Gasteiger partial charge is 0.191 e. The number of Topliss-reactive ketones (excluding diaryl/α,β-unsaturated/α-hetero) is 1. The van der Waals surface area contributed by atoms with Gasteiger partial charge in [-0.15, -0.1) is 11.3 Å². The second kappa shape index (κ2) is 5.05. The van der Waals surface area contributed by atoms with Crippen molar-refractivity contribution in [2.75, 3.05) is 0 Å². The summed E-state index contributed by atoms with van der Waals surface area (Å²) >= 11 is 1.55. The molecule has 1 aromatic heterocycles. The van der Waals surface area contributed by atoms with E-state index in [1.165, 1.54) is 0 Å². The molecule has 1 unspecified atom stereocenters. The lowest BCUT2D eigenvalue weighted by molar-refractivity contribution is 0.0749. The second-order valence-corrected chi connectivity index (χ2v) is 4.56. The van der Waals surface area contributed by atoms with Crippen LogP contribution in [0.25, 0.3) is 0 Å². The third-order valence-corrected chi connectivity index (χ3v) is 3.23. The first-order chi connectivity index (χ1) is 7.77. The lowest BCUT2D eigenvalue weighted by Crippen LogP contribution is -2.22. The summed E-state index contributed by atoms with van der Waals surface area (Å²) in [7, 11) is 0. The number of aliphatic hydroxyl groups excluding tert-OH is 1. The maximum Gasteiger partial charge on any atom is 0.191 e. The molecule has 0 spiro atoms. The number of aliphatic hydroxyl groups is 1. The molecule has 0 saturated carbocycles. The molecule has 82 valence electrons. The Balaban J connectivity index is 2.05. The van der Waals surface area contributed by atoms with Gasteiger partial charge in [0.25, 0.3) is 0 Å². The summed E-state index contributed by atoms with van der Waals surface area (Å²) in [6.07, 6.45) is -0.549. The van der Waals surface area contributed by atoms with Gasteiger partial charge >= 0.3 is 0 Å². The van der Waals surface area contributed by atoms with Crippen molar-refractivity contribution in [1.82, 2.24) is 0 Å². The minimum Gasteiger partial charge on any atom is -0.385 e. The van der Waals surface area contributed by atoms with Crippen molar-refractivity contribution in [1.29, 1.82) is 0 Å². The van der Waals surface area contributed by atoms with Gasteiger partial charge in [0.05, 0.1) is 0 Å². The van der Waals surface area contributed by atoms with Gasteiger partial charge in [-0.1, -0.05) is 36.4 Å². The fraction of sp³-hybridized carbons (Fsp3) is 0.154. The molecule has 0 aliphatic rings. The van der Waals surface area contributed by atoms with Gasteiger partial charge in [-0.2, -0.15) is 0 Å². The van der Waals surface area contributed by atoms with Gasteiger partial charge in [-0.05, 0) is 11.4 Å². The zero-order valence-electron chi connectivity index (χ0n) is 8.67. The average Bonchev–Trinajstić information content (AvgIpc) is 2.82. The Morgan fingerprint density at radius 1 is 1.19 bits per heavy atom. The van der Waals surface area contributed by atoms with E-state index >= 15 is 0 Å². The van der Waals surface area contributed by atoms with Crippen LogP contribution in [0.5, 0.6) is 0 Å². The van der Waals surface area contributed by atoms with Crippen molar-refractivity contribution in [2.45, 2.75) is 12.5 Å². The van der Waals surface area contributed by atoms with Crippen LogP contribution in [0.1, 0.15) is 15.2 Å². The molecule has 1 aromatic carbocycles. The van der Waals surface area contributed by atoms with Gasteiger partial charge in [-0.25, -0.2) is 0 Å². The van der Waals surface area contributed by atoms with Crippen LogP contribution in [-0.2, 0) is 6.42 Å². The summed E-state index contributed by atoms with van der Waals surface area (Å²) in [6, 6.07) is 12.7. The number of hydrogen-bond donors (Lipinski definition) is 1. The Bertz CT molecular complexity index is 448. The molecule has 3 heteroatoms. The van der Waals surface area contributed by atoms with E-state index in [1.807, 2.05) is 23.6 Å². The van der Waals surface area contributed by atoms with E-state index in [4.69, 9.17) is 0 Å². The molecule has 0 aliphatic carbocycles. The fourth-order valence-electron chi connectivity index (χ4n) is 1.51. The highest BCUT2D eigenvalue weighted by atomic mass is 32.1. The summed E-state index contributed by atoms with van der Waals surface area (Å²) < 4.78 is 0. The molecule has 0 amide bonds. The molecule has 0 saturated heterocycles. The Labute approximate surface area is 98.2 Å². The van der Waals surface area contributed by atoms with Crippen molar-refractivity contribution in [3.8, 4) is 0 Å². The topological polar surface area (TPSA) is 37.3 Å². The molecular formula is C13H12O2S. The first kappa shape index (κ1) is 11.0. The number of benzene rings is 1. The van der Waals surface area contributed by atoms with Gasteiger partial charge in [0.1, 0.15) is 6.10 Å². The second-order valence-electron chi connectivity index (χ2n) is 3.53. The monoisotopic (exact) mass is 232 g/mol. The number of rotatable bonds is 4. The molecule has 0 fully saturated rings. The molecule has 0 radical (unpaired) electrons. The maximum absolute atomic E-state index is 11.8. The van der Waals surface area contributed by atoms with Crippen LogP contribution < -0.4 is 0 Å². The molecule has 1 atom stereocenters. The van der Waals surface area contributed by atoms with Crippen LogP contribution in [0.2, 0.25) is 0 Å². The van der Waals surface area contributed by atoms with Crippen LogP contribution in [0, 0.1) is 0 Å². The van der Waals surface area contributed by atoms with E-state index in [1.54, 1.807) is 35.6 Å². The molecule has 1 heterocycles. The van der Waals surface area contributed by atoms with Gasteiger partial charge < -0.3 is 5.11 Å². The van der Waals surface area contributed by atoms with Crippen molar-refractivity contribution >= 4 is 17.1 Å². The quantitative estimate of drug-likeness (QED) is 0.822. The van der Waals surface area contributed by atoms with Crippen LogP contribution in [0.3, 0.4) is 0 Å². The first-order valence-corrected chi connectivity index (χ1v) is 5.95. The van der Waals surface area contributed by atoms with E-state index in [0.717, 1.165) is 4.88 Å². The van der Waals surface area contributed by atoms with Crippen LogP contribution in [0.15, 0.2) is 47.8 Å². The highest BCUT2D eigenvalue weighted by molar-refractivity contribution is 7.09. The maximum atomic E-state index is 11.8. The molecule has 2 rings (SSSR count). The van der Waals surface area contributed by atoms with Crippen LogP contribution in [0.4, 0.5) is 0 Å². The number of ketones is 1. The number of carbonyl (C=O) groups excluding carboxylic acids is 1. The summed E-state index contributed by atoms with van der Waals surface area (Å²) in [5.41, 5.74) is 0.562.